The van der Waals surface area contributed by atoms with Gasteiger partial charge in [-0.2, -0.15) is 5.26 Å². The van der Waals surface area contributed by atoms with Crippen molar-refractivity contribution in [2.45, 2.75) is 49.7 Å². The van der Waals surface area contributed by atoms with Gasteiger partial charge in [0.2, 0.25) is 0 Å². The van der Waals surface area contributed by atoms with Crippen LogP contribution in [0.25, 0.3) is 16.6 Å². The molecule has 0 bridgehead atoms. The van der Waals surface area contributed by atoms with Crippen molar-refractivity contribution in [2.24, 2.45) is 0 Å². The molecule has 0 saturated heterocycles. The molecule has 0 unspecified atom stereocenters. The first kappa shape index (κ1) is 20.2. The van der Waals surface area contributed by atoms with Gasteiger partial charge in [-0.05, 0) is 25.0 Å². The van der Waals surface area contributed by atoms with Gasteiger partial charge in [-0.3, -0.25) is 0 Å². The monoisotopic (exact) mass is 420 g/mol. The maximum Gasteiger partial charge on any atom is 0.191 e. The van der Waals surface area contributed by atoms with E-state index < -0.39 is 0 Å². The Morgan fingerprint density at radius 3 is 2.83 bits per heavy atom. The number of nitrogens with one attached hydrogen (secondary N) is 1. The molecule has 0 spiro atoms. The summed E-state index contributed by atoms with van der Waals surface area (Å²) < 4.78 is 2.08. The van der Waals surface area contributed by atoms with Crippen LogP contribution in [0.15, 0.2) is 47.8 Å². The molecule has 4 rings (SSSR count). The lowest BCUT2D eigenvalue weighted by atomic mass is 9.89. The van der Waals surface area contributed by atoms with Gasteiger partial charge in [-0.15, -0.1) is 16.8 Å². The van der Waals surface area contributed by atoms with Crippen LogP contribution in [0.3, 0.4) is 0 Å². The molecule has 0 atom stereocenters. The number of H-pyrrole nitrogens is 1. The van der Waals surface area contributed by atoms with Gasteiger partial charge in [0.15, 0.2) is 11.0 Å². The molecule has 1 aromatic carbocycles. The van der Waals surface area contributed by atoms with Crippen LogP contribution in [-0.2, 0) is 6.54 Å². The van der Waals surface area contributed by atoms with Gasteiger partial charge in [0.25, 0.3) is 0 Å². The van der Waals surface area contributed by atoms with Gasteiger partial charge in [-0.25, -0.2) is 4.98 Å². The van der Waals surface area contributed by atoms with Crippen molar-refractivity contribution in [3.63, 3.8) is 0 Å². The van der Waals surface area contributed by atoms with Gasteiger partial charge in [0.05, 0.1) is 16.8 Å². The predicted octanol–water partition coefficient (Wildman–Crippen LogP) is 4.97. The molecule has 30 heavy (non-hydrogen) atoms. The van der Waals surface area contributed by atoms with Gasteiger partial charge >= 0.3 is 0 Å². The van der Waals surface area contributed by atoms with E-state index in [1.54, 1.807) is 0 Å². The second-order valence-electron chi connectivity index (χ2n) is 7.40. The highest BCUT2D eigenvalue weighted by Gasteiger charge is 2.23. The third kappa shape index (κ3) is 4.12. The van der Waals surface area contributed by atoms with Crippen molar-refractivity contribution in [1.29, 1.82) is 5.26 Å². The third-order valence-electron chi connectivity index (χ3n) is 5.39. The molecule has 1 aliphatic carbocycles. The molecule has 1 fully saturated rings. The summed E-state index contributed by atoms with van der Waals surface area (Å²) in [5, 5.41) is 29.8. The van der Waals surface area contributed by atoms with Crippen molar-refractivity contribution in [1.82, 2.24) is 24.7 Å². The molecule has 0 amide bonds. The number of nitrogens with zero attached hydrogens (tertiary/aromatic N) is 5. The minimum absolute atomic E-state index is 0.0334. The Labute approximate surface area is 179 Å². The fourth-order valence-corrected chi connectivity index (χ4v) is 4.73. The zero-order valence-corrected chi connectivity index (χ0v) is 17.5. The van der Waals surface area contributed by atoms with Crippen LogP contribution in [-0.4, -0.2) is 35.6 Å². The number of benzene rings is 1. The number of rotatable bonds is 7. The van der Waals surface area contributed by atoms with Crippen LogP contribution in [0.1, 0.15) is 49.7 Å². The first-order valence-corrected chi connectivity index (χ1v) is 11.1. The molecule has 7 nitrogen and oxygen atoms in total. The van der Waals surface area contributed by atoms with Gasteiger partial charge < -0.3 is 14.7 Å². The normalized spacial score (nSPS) is 15.7. The molecule has 1 aliphatic rings. The summed E-state index contributed by atoms with van der Waals surface area (Å²) >= 11 is 1.37. The average molecular weight is 421 g/mol. The molecule has 8 heteroatoms. The van der Waals surface area contributed by atoms with E-state index in [9.17, 15) is 10.4 Å². The Morgan fingerprint density at radius 2 is 2.10 bits per heavy atom. The van der Waals surface area contributed by atoms with Crippen LogP contribution >= 0.6 is 11.8 Å². The van der Waals surface area contributed by atoms with Gasteiger partial charge in [0, 0.05) is 12.5 Å². The first-order chi connectivity index (χ1) is 14.7. The van der Waals surface area contributed by atoms with E-state index >= 15 is 0 Å². The number of aliphatic hydroxyl groups excluding tert-OH is 1. The standard InChI is InChI=1S/C22H24N6OS/c1-2-12-28-21(15-8-4-3-5-9-15)26-27-22(28)30-14-19(29)16(13-23)20-24-17-10-6-7-11-18(17)25-20/h2,6-7,10-11,15,29H,1,3-5,8-9,12,14H2,(H,24,25)/b19-16+. The molecule has 2 N–H and O–H groups in total. The second-order valence-corrected chi connectivity index (χ2v) is 8.34. The molecule has 2 aromatic heterocycles. The van der Waals surface area contributed by atoms with Crippen molar-refractivity contribution in [3.8, 4) is 6.07 Å². The topological polar surface area (TPSA) is 103 Å². The van der Waals surface area contributed by atoms with Crippen LogP contribution < -0.4 is 0 Å². The van der Waals surface area contributed by atoms with Crippen molar-refractivity contribution in [2.75, 3.05) is 5.75 Å². The summed E-state index contributed by atoms with van der Waals surface area (Å²) in [6.45, 7) is 4.49. The Morgan fingerprint density at radius 1 is 1.30 bits per heavy atom. The lowest BCUT2D eigenvalue weighted by molar-refractivity contribution is 0.415. The Balaban J connectivity index is 1.56. The summed E-state index contributed by atoms with van der Waals surface area (Å²) in [7, 11) is 0. The molecule has 2 heterocycles. The largest absolute Gasteiger partial charge is 0.510 e. The number of fused-ring (bicyclic) bond motifs is 1. The number of aliphatic hydroxyl groups is 1. The van der Waals surface area contributed by atoms with E-state index in [1.165, 1.54) is 31.0 Å². The molecular weight excluding hydrogens is 396 g/mol. The predicted molar refractivity (Wildman–Crippen MR) is 118 cm³/mol. The number of nitriles is 1. The SMILES string of the molecule is C=CCn1c(SC/C(O)=C(/C#N)c2nc3ccccc3[nH]2)nnc1C1CCCCC1. The first-order valence-electron chi connectivity index (χ1n) is 10.2. The van der Waals surface area contributed by atoms with E-state index in [1.807, 2.05) is 30.3 Å². The molecule has 3 aromatic rings. The summed E-state index contributed by atoms with van der Waals surface area (Å²) in [6, 6.07) is 9.60. The van der Waals surface area contributed by atoms with Crippen LogP contribution in [0.2, 0.25) is 0 Å². The molecule has 1 saturated carbocycles. The quantitative estimate of drug-likeness (QED) is 0.242. The molecule has 154 valence electrons. The van der Waals surface area contributed by atoms with Crippen LogP contribution in [0.5, 0.6) is 0 Å². The summed E-state index contributed by atoms with van der Waals surface area (Å²) in [5.74, 6) is 1.97. The highest BCUT2D eigenvalue weighted by atomic mass is 32.2. The fraction of sp³-hybridized carbons (Fsp3) is 0.364. The molecule has 0 radical (unpaired) electrons. The summed E-state index contributed by atoms with van der Waals surface area (Å²) in [5.41, 5.74) is 1.72. The zero-order valence-electron chi connectivity index (χ0n) is 16.7. The molecule has 0 aliphatic heterocycles. The fourth-order valence-electron chi connectivity index (χ4n) is 3.90. The van der Waals surface area contributed by atoms with Crippen molar-refractivity contribution in [3.05, 3.63) is 54.3 Å². The van der Waals surface area contributed by atoms with Crippen molar-refractivity contribution < 1.29 is 5.11 Å². The number of hydrogen-bond acceptors (Lipinski definition) is 6. The number of aromatic amines is 1. The van der Waals surface area contributed by atoms with Crippen LogP contribution in [0, 0.1) is 11.3 Å². The lowest BCUT2D eigenvalue weighted by Gasteiger charge is -2.21. The van der Waals surface area contributed by atoms with E-state index in [4.69, 9.17) is 0 Å². The highest BCUT2D eigenvalue weighted by molar-refractivity contribution is 7.99. The van der Waals surface area contributed by atoms with E-state index in [0.717, 1.165) is 34.9 Å². The number of para-hydroxylation sites is 2. The second kappa shape index (κ2) is 9.18. The van der Waals surface area contributed by atoms with E-state index in [2.05, 4.69) is 37.4 Å². The minimum atomic E-state index is -0.0334. The number of thioether (sulfide) groups is 1. The number of hydrogen-bond donors (Lipinski definition) is 2. The van der Waals surface area contributed by atoms with Crippen molar-refractivity contribution >= 4 is 28.4 Å². The third-order valence-corrected chi connectivity index (χ3v) is 6.37. The minimum Gasteiger partial charge on any atom is -0.510 e. The van der Waals surface area contributed by atoms with Crippen LogP contribution in [0.4, 0.5) is 0 Å². The summed E-state index contributed by atoms with van der Waals surface area (Å²) in [4.78, 5) is 7.52. The lowest BCUT2D eigenvalue weighted by Crippen LogP contribution is -2.12. The summed E-state index contributed by atoms with van der Waals surface area (Å²) in [6.07, 6.45) is 7.84. The number of allylic oxidation sites excluding steroid dienone is 2. The molecular formula is C22H24N6OS. The maximum absolute atomic E-state index is 10.6. The number of imidazole rings is 1. The highest BCUT2D eigenvalue weighted by Crippen LogP contribution is 2.33. The Kier molecular flexibility index (Phi) is 6.19. The van der Waals surface area contributed by atoms with E-state index in [0.29, 0.717) is 18.3 Å². The van der Waals surface area contributed by atoms with Gasteiger partial charge in [0.1, 0.15) is 23.2 Å². The number of aromatic nitrogens is 5. The van der Waals surface area contributed by atoms with Gasteiger partial charge in [-0.1, -0.05) is 49.2 Å². The average Bonchev–Trinajstić information content (AvgIpc) is 3.38. The smallest absolute Gasteiger partial charge is 0.191 e. The zero-order chi connectivity index (χ0) is 20.9. The maximum atomic E-state index is 10.6. The Bertz CT molecular complexity index is 1080. The Hall–Kier alpha value is -3.05. The van der Waals surface area contributed by atoms with E-state index in [-0.39, 0.29) is 17.1 Å².